The van der Waals surface area contributed by atoms with Gasteiger partial charge in [0, 0.05) is 6.42 Å². The molecule has 0 saturated heterocycles. The van der Waals surface area contributed by atoms with Gasteiger partial charge in [0.25, 0.3) is 0 Å². The Morgan fingerprint density at radius 2 is 2.12 bits per heavy atom. The van der Waals surface area contributed by atoms with Crippen molar-refractivity contribution in [2.45, 2.75) is 25.9 Å². The summed E-state index contributed by atoms with van der Waals surface area (Å²) in [4.78, 5) is 11.3. The highest BCUT2D eigenvalue weighted by atomic mass is 16.5. The van der Waals surface area contributed by atoms with Gasteiger partial charge in [-0.25, -0.2) is 0 Å². The standard InChI is InChI=1S/C13H16O3/c1-3-5-13(15)16-12(4-2)10-6-8-11(14)9-7-10/h4,6-9,12,14H,2-3,5H2,1H3/t12-/m0/s1. The van der Waals surface area contributed by atoms with Crippen LogP contribution >= 0.6 is 0 Å². The third kappa shape index (κ3) is 3.42. The summed E-state index contributed by atoms with van der Waals surface area (Å²) in [6, 6.07) is 6.53. The number of phenols is 1. The van der Waals surface area contributed by atoms with Gasteiger partial charge >= 0.3 is 5.97 Å². The Morgan fingerprint density at radius 1 is 1.50 bits per heavy atom. The van der Waals surface area contributed by atoms with Crippen LogP contribution in [-0.4, -0.2) is 11.1 Å². The Kier molecular flexibility index (Phi) is 4.58. The van der Waals surface area contributed by atoms with E-state index >= 15 is 0 Å². The van der Waals surface area contributed by atoms with Crippen LogP contribution in [0.3, 0.4) is 0 Å². The molecule has 3 nitrogen and oxygen atoms in total. The average molecular weight is 220 g/mol. The van der Waals surface area contributed by atoms with Crippen molar-refractivity contribution in [1.82, 2.24) is 0 Å². The highest BCUT2D eigenvalue weighted by molar-refractivity contribution is 5.69. The minimum Gasteiger partial charge on any atom is -0.508 e. The molecule has 0 saturated carbocycles. The molecule has 1 aromatic carbocycles. The van der Waals surface area contributed by atoms with Gasteiger partial charge in [0.1, 0.15) is 11.9 Å². The van der Waals surface area contributed by atoms with Gasteiger partial charge in [0.15, 0.2) is 0 Å². The monoisotopic (exact) mass is 220 g/mol. The summed E-state index contributed by atoms with van der Waals surface area (Å²) in [5, 5.41) is 9.14. The molecule has 1 atom stereocenters. The summed E-state index contributed by atoms with van der Waals surface area (Å²) in [6.07, 6.45) is 2.29. The number of phenolic OH excluding ortho intramolecular Hbond substituents is 1. The van der Waals surface area contributed by atoms with Crippen LogP contribution in [0.25, 0.3) is 0 Å². The van der Waals surface area contributed by atoms with Gasteiger partial charge in [-0.15, -0.1) is 0 Å². The SMILES string of the molecule is C=C[C@H](OC(=O)CCC)c1ccc(O)cc1. The molecule has 3 heteroatoms. The lowest BCUT2D eigenvalue weighted by Gasteiger charge is -2.14. The largest absolute Gasteiger partial charge is 0.508 e. The van der Waals surface area contributed by atoms with Crippen molar-refractivity contribution in [2.24, 2.45) is 0 Å². The van der Waals surface area contributed by atoms with Crippen LogP contribution < -0.4 is 0 Å². The molecule has 16 heavy (non-hydrogen) atoms. The molecule has 0 spiro atoms. The van der Waals surface area contributed by atoms with Gasteiger partial charge in [0.2, 0.25) is 0 Å². The Hall–Kier alpha value is -1.77. The second-order valence-electron chi connectivity index (χ2n) is 3.49. The Bertz CT molecular complexity index is 354. The summed E-state index contributed by atoms with van der Waals surface area (Å²) < 4.78 is 5.23. The van der Waals surface area contributed by atoms with Crippen LogP contribution in [0, 0.1) is 0 Å². The minimum absolute atomic E-state index is 0.187. The van der Waals surface area contributed by atoms with Crippen molar-refractivity contribution in [3.63, 3.8) is 0 Å². The van der Waals surface area contributed by atoms with Crippen LogP contribution in [-0.2, 0) is 9.53 Å². The number of aromatic hydroxyl groups is 1. The first-order valence-corrected chi connectivity index (χ1v) is 5.28. The first-order valence-electron chi connectivity index (χ1n) is 5.28. The molecule has 86 valence electrons. The molecule has 0 bridgehead atoms. The number of carbonyl (C=O) groups is 1. The van der Waals surface area contributed by atoms with E-state index in [1.54, 1.807) is 30.3 Å². The lowest BCUT2D eigenvalue weighted by atomic mass is 10.1. The quantitative estimate of drug-likeness (QED) is 0.613. The second kappa shape index (κ2) is 5.95. The first-order chi connectivity index (χ1) is 7.67. The maximum atomic E-state index is 11.3. The topological polar surface area (TPSA) is 46.5 Å². The Morgan fingerprint density at radius 3 is 2.62 bits per heavy atom. The smallest absolute Gasteiger partial charge is 0.306 e. The Balaban J connectivity index is 2.71. The molecule has 0 unspecified atom stereocenters. The molecule has 0 heterocycles. The van der Waals surface area contributed by atoms with Gasteiger partial charge < -0.3 is 9.84 Å². The van der Waals surface area contributed by atoms with E-state index in [0.717, 1.165) is 12.0 Å². The van der Waals surface area contributed by atoms with Gasteiger partial charge in [-0.3, -0.25) is 4.79 Å². The van der Waals surface area contributed by atoms with Crippen molar-refractivity contribution in [3.8, 4) is 5.75 Å². The van der Waals surface area contributed by atoms with E-state index in [9.17, 15) is 4.79 Å². The normalized spacial score (nSPS) is 11.8. The zero-order valence-electron chi connectivity index (χ0n) is 9.35. The molecule has 0 radical (unpaired) electrons. The molecule has 1 aromatic rings. The van der Waals surface area contributed by atoms with E-state index in [1.165, 1.54) is 0 Å². The van der Waals surface area contributed by atoms with Gasteiger partial charge in [-0.2, -0.15) is 0 Å². The van der Waals surface area contributed by atoms with E-state index < -0.39 is 6.10 Å². The van der Waals surface area contributed by atoms with Crippen molar-refractivity contribution in [3.05, 3.63) is 42.5 Å². The summed E-state index contributed by atoms with van der Waals surface area (Å²) in [5.74, 6) is -0.0491. The predicted molar refractivity (Wildman–Crippen MR) is 62.0 cm³/mol. The van der Waals surface area contributed by atoms with E-state index in [2.05, 4.69) is 6.58 Å². The van der Waals surface area contributed by atoms with Crippen LogP contribution in [0.5, 0.6) is 5.75 Å². The molecule has 0 aliphatic rings. The predicted octanol–water partition coefficient (Wildman–Crippen LogP) is 2.96. The third-order valence-corrected chi connectivity index (χ3v) is 2.15. The molecular weight excluding hydrogens is 204 g/mol. The van der Waals surface area contributed by atoms with Crippen LogP contribution in [0.15, 0.2) is 36.9 Å². The number of benzene rings is 1. The van der Waals surface area contributed by atoms with Crippen molar-refractivity contribution >= 4 is 5.97 Å². The number of hydrogen-bond donors (Lipinski definition) is 1. The van der Waals surface area contributed by atoms with Gasteiger partial charge in [-0.1, -0.05) is 25.6 Å². The summed E-state index contributed by atoms with van der Waals surface area (Å²) in [6.45, 7) is 5.55. The second-order valence-corrected chi connectivity index (χ2v) is 3.49. The molecule has 0 aromatic heterocycles. The summed E-state index contributed by atoms with van der Waals surface area (Å²) >= 11 is 0. The summed E-state index contributed by atoms with van der Waals surface area (Å²) in [5.41, 5.74) is 0.803. The van der Waals surface area contributed by atoms with Crippen molar-refractivity contribution in [2.75, 3.05) is 0 Å². The number of rotatable bonds is 5. The molecule has 0 aliphatic carbocycles. The number of esters is 1. The third-order valence-electron chi connectivity index (χ3n) is 2.15. The fraction of sp³-hybridized carbons (Fsp3) is 0.308. The maximum absolute atomic E-state index is 11.3. The maximum Gasteiger partial charge on any atom is 0.306 e. The lowest BCUT2D eigenvalue weighted by molar-refractivity contribution is -0.147. The van der Waals surface area contributed by atoms with Crippen LogP contribution in [0.1, 0.15) is 31.4 Å². The number of hydrogen-bond acceptors (Lipinski definition) is 3. The number of ether oxygens (including phenoxy) is 1. The van der Waals surface area contributed by atoms with Gasteiger partial charge in [0.05, 0.1) is 0 Å². The fourth-order valence-corrected chi connectivity index (χ4v) is 1.32. The van der Waals surface area contributed by atoms with Gasteiger partial charge in [-0.05, 0) is 30.2 Å². The van der Waals surface area contributed by atoms with Crippen LogP contribution in [0.4, 0.5) is 0 Å². The van der Waals surface area contributed by atoms with Crippen molar-refractivity contribution < 1.29 is 14.6 Å². The van der Waals surface area contributed by atoms with Crippen molar-refractivity contribution in [1.29, 1.82) is 0 Å². The zero-order chi connectivity index (χ0) is 12.0. The highest BCUT2D eigenvalue weighted by Crippen LogP contribution is 2.21. The Labute approximate surface area is 95.4 Å². The molecule has 1 N–H and O–H groups in total. The van der Waals surface area contributed by atoms with E-state index in [0.29, 0.717) is 6.42 Å². The number of carbonyl (C=O) groups excluding carboxylic acids is 1. The fourth-order valence-electron chi connectivity index (χ4n) is 1.32. The average Bonchev–Trinajstić information content (AvgIpc) is 2.27. The van der Waals surface area contributed by atoms with E-state index in [1.807, 2.05) is 6.92 Å². The molecule has 0 fully saturated rings. The zero-order valence-corrected chi connectivity index (χ0v) is 9.35. The van der Waals surface area contributed by atoms with E-state index in [4.69, 9.17) is 9.84 Å². The summed E-state index contributed by atoms with van der Waals surface area (Å²) in [7, 11) is 0. The van der Waals surface area contributed by atoms with Crippen LogP contribution in [0.2, 0.25) is 0 Å². The minimum atomic E-state index is -0.445. The molecular formula is C13H16O3. The van der Waals surface area contributed by atoms with E-state index in [-0.39, 0.29) is 11.7 Å². The lowest BCUT2D eigenvalue weighted by Crippen LogP contribution is -2.08. The molecule has 0 amide bonds. The molecule has 1 rings (SSSR count). The highest BCUT2D eigenvalue weighted by Gasteiger charge is 2.12. The first kappa shape index (κ1) is 12.3. The molecule has 0 aliphatic heterocycles.